The van der Waals surface area contributed by atoms with Crippen molar-refractivity contribution in [3.05, 3.63) is 4.91 Å². The van der Waals surface area contributed by atoms with Crippen molar-refractivity contribution < 1.29 is 22.4 Å². The molecule has 0 aliphatic rings. The van der Waals surface area contributed by atoms with Crippen molar-refractivity contribution in [1.29, 1.82) is 5.59 Å². The van der Waals surface area contributed by atoms with E-state index in [0.717, 1.165) is 0 Å². The summed E-state index contributed by atoms with van der Waals surface area (Å²) >= 11 is 0. The Hall–Kier alpha value is 1.82. The first-order chi connectivity index (χ1) is 1.00. The van der Waals surface area contributed by atoms with Gasteiger partial charge in [-0.05, 0) is 0 Å². The van der Waals surface area contributed by atoms with Gasteiger partial charge in [0.1, 0.15) is 0 Å². The summed E-state index contributed by atoms with van der Waals surface area (Å²) in [4.78, 5) is 7.50. The van der Waals surface area contributed by atoms with Crippen LogP contribution in [0.3, 0.4) is 0 Å². The molecule has 0 aromatic carbocycles. The molecule has 3 radical (unpaired) electrons. The summed E-state index contributed by atoms with van der Waals surface area (Å²) in [5, 5.41) is 0. The van der Waals surface area contributed by atoms with E-state index in [1.54, 1.807) is 0 Å². The minimum atomic E-state index is 0. The molecule has 19 valence electrons. The Morgan fingerprint density at radius 3 is 1.25 bits per heavy atom. The molecule has 0 fully saturated rings. The predicted molar refractivity (Wildman–Crippen MR) is 11.8 cm³/mol. The first-order valence-electron chi connectivity index (χ1n) is 0.204. The molecule has 0 atom stereocenters. The number of rotatable bonds is 0. The van der Waals surface area contributed by atoms with Gasteiger partial charge in [0.2, 0.25) is 0 Å². The fraction of sp³-hybridized carbons (Fsp3) is 0. The third-order valence-electron chi connectivity index (χ3n) is 0. The van der Waals surface area contributed by atoms with Gasteiger partial charge in [-0.2, -0.15) is 4.91 Å². The average molecular weight is 212 g/mol. The maximum absolute atomic E-state index is 7.50. The molecular formula is HNNbOSr. The van der Waals surface area contributed by atoms with Crippen molar-refractivity contribution in [3.8, 4) is 0 Å². The minimum absolute atomic E-state index is 0. The Balaban J connectivity index is -0.00000000500. The van der Waals surface area contributed by atoms with Crippen molar-refractivity contribution >= 4 is 45.5 Å². The van der Waals surface area contributed by atoms with Crippen LogP contribution in [0.25, 0.3) is 0 Å². The summed E-state index contributed by atoms with van der Waals surface area (Å²) in [7, 11) is 0. The number of hydrogen-bond donors (Lipinski definition) is 1. The molecule has 0 aromatic rings. The van der Waals surface area contributed by atoms with Gasteiger partial charge in [0.15, 0.2) is 0 Å². The second-order valence-electron chi connectivity index (χ2n) is 0. The number of nitroso groups, excluding NO2 is 1. The van der Waals surface area contributed by atoms with Crippen molar-refractivity contribution in [1.82, 2.24) is 0 Å². The normalized spacial score (nSPS) is 1.00. The molecule has 0 spiro atoms. The molecule has 0 bridgehead atoms. The molecule has 1 N–H and O–H groups in total. The molecule has 0 unspecified atom stereocenters. The van der Waals surface area contributed by atoms with Crippen LogP contribution in [0.4, 0.5) is 0 Å². The van der Waals surface area contributed by atoms with Gasteiger partial charge in [-0.25, -0.2) is 0 Å². The SMILES string of the molecule is N=O.[Nb].[Sr]. The fourth-order valence-electron chi connectivity index (χ4n) is 0. The van der Waals surface area contributed by atoms with Crippen LogP contribution in [-0.4, -0.2) is 45.5 Å². The van der Waals surface area contributed by atoms with Crippen LogP contribution in [0.15, 0.2) is 0 Å². The minimum Gasteiger partial charge on any atom is -0.154 e. The Kier molecular flexibility index (Phi) is 90.2. The molecule has 0 saturated heterocycles. The van der Waals surface area contributed by atoms with Gasteiger partial charge in [0.25, 0.3) is 0 Å². The van der Waals surface area contributed by atoms with Gasteiger partial charge in [0.05, 0.1) is 0 Å². The van der Waals surface area contributed by atoms with E-state index in [0.29, 0.717) is 0 Å². The smallest absolute Gasteiger partial charge is 0 e. The van der Waals surface area contributed by atoms with Crippen LogP contribution in [0.1, 0.15) is 0 Å². The molecule has 0 saturated carbocycles. The first-order valence-corrected chi connectivity index (χ1v) is 0.204. The third-order valence-corrected chi connectivity index (χ3v) is 0. The quantitative estimate of drug-likeness (QED) is 0.443. The zero-order valence-corrected chi connectivity index (χ0v) is 7.74. The molecule has 0 aromatic heterocycles. The van der Waals surface area contributed by atoms with Crippen molar-refractivity contribution in [3.63, 3.8) is 0 Å². The molecule has 0 aliphatic carbocycles. The standard InChI is InChI=1S/HNO.Nb.Sr/c1-2;;/h1H;;. The van der Waals surface area contributed by atoms with Crippen LogP contribution >= 0.6 is 0 Å². The Morgan fingerprint density at radius 1 is 1.25 bits per heavy atom. The Morgan fingerprint density at radius 2 is 1.25 bits per heavy atom. The van der Waals surface area contributed by atoms with Crippen molar-refractivity contribution in [2.75, 3.05) is 0 Å². The van der Waals surface area contributed by atoms with Gasteiger partial charge in [-0.15, -0.1) is 0 Å². The topological polar surface area (TPSA) is 40.9 Å². The van der Waals surface area contributed by atoms with Crippen LogP contribution in [-0.2, 0) is 22.4 Å². The summed E-state index contributed by atoms with van der Waals surface area (Å²) in [5.41, 5.74) is 4.50. The zero-order chi connectivity index (χ0) is 2.00. The van der Waals surface area contributed by atoms with E-state index in [4.69, 9.17) is 4.91 Å². The van der Waals surface area contributed by atoms with Gasteiger partial charge >= 0.3 is 0 Å². The molecule has 0 aliphatic heterocycles. The van der Waals surface area contributed by atoms with Gasteiger partial charge in [-0.3, -0.25) is 0 Å². The summed E-state index contributed by atoms with van der Waals surface area (Å²) in [6, 6.07) is 0. The molecule has 0 heterocycles. The molecule has 4 heteroatoms. The van der Waals surface area contributed by atoms with Gasteiger partial charge < -0.3 is 0 Å². The van der Waals surface area contributed by atoms with Crippen LogP contribution in [0.2, 0.25) is 0 Å². The van der Waals surface area contributed by atoms with E-state index in [1.807, 2.05) is 0 Å². The first kappa shape index (κ1) is 17.0. The van der Waals surface area contributed by atoms with Crippen LogP contribution < -0.4 is 0 Å². The average Bonchev–Trinajstić information content (AvgIpc) is 1.00. The van der Waals surface area contributed by atoms with E-state index in [9.17, 15) is 0 Å². The number of hydrogen-bond acceptors (Lipinski definition) is 2. The molecule has 0 rings (SSSR count). The van der Waals surface area contributed by atoms with Gasteiger partial charge in [0, 0.05) is 67.9 Å². The second kappa shape index (κ2) is 21.2. The van der Waals surface area contributed by atoms with E-state index in [-0.39, 0.29) is 67.9 Å². The second-order valence-corrected chi connectivity index (χ2v) is 0. The van der Waals surface area contributed by atoms with E-state index >= 15 is 0 Å². The van der Waals surface area contributed by atoms with E-state index in [1.165, 1.54) is 0 Å². The van der Waals surface area contributed by atoms with Crippen molar-refractivity contribution in [2.45, 2.75) is 0 Å². The predicted octanol–water partition coefficient (Wildman–Crippen LogP) is -0.0517. The monoisotopic (exact) mass is 212 g/mol. The molecule has 0 amide bonds. The molecule has 4 heavy (non-hydrogen) atoms. The summed E-state index contributed by atoms with van der Waals surface area (Å²) in [6.45, 7) is 0. The summed E-state index contributed by atoms with van der Waals surface area (Å²) < 4.78 is 0. The summed E-state index contributed by atoms with van der Waals surface area (Å²) in [6.07, 6.45) is 0. The van der Waals surface area contributed by atoms with Gasteiger partial charge in [-0.1, -0.05) is 5.59 Å². The Labute approximate surface area is 76.9 Å². The third kappa shape index (κ3) is 9.17. The molecule has 2 nitrogen and oxygen atoms in total. The Bertz CT molecular complexity index is 8.00. The van der Waals surface area contributed by atoms with Crippen LogP contribution in [0.5, 0.6) is 0 Å². The largest absolute Gasteiger partial charge is 0.154 e. The number of nitrogens with one attached hydrogen (secondary N) is 1. The fourth-order valence-corrected chi connectivity index (χ4v) is 0. The summed E-state index contributed by atoms with van der Waals surface area (Å²) in [5.74, 6) is 0. The van der Waals surface area contributed by atoms with Crippen LogP contribution in [0, 0.1) is 10.5 Å². The maximum atomic E-state index is 7.50. The molecular weight excluding hydrogens is 211 g/mol. The maximum Gasteiger partial charge on any atom is 0 e. The van der Waals surface area contributed by atoms with Crippen molar-refractivity contribution in [2.24, 2.45) is 0 Å². The zero-order valence-electron chi connectivity index (χ0n) is 2.06. The van der Waals surface area contributed by atoms with E-state index in [2.05, 4.69) is 5.59 Å². The van der Waals surface area contributed by atoms with E-state index < -0.39 is 0 Å².